The first-order valence-electron chi connectivity index (χ1n) is 14.4. The molecule has 0 radical (unpaired) electrons. The van der Waals surface area contributed by atoms with Crippen LogP contribution in [0.4, 0.5) is 8.78 Å². The first-order chi connectivity index (χ1) is 21.8. The molecule has 9 rings (SSSR count). The minimum absolute atomic E-state index is 0.192. The molecule has 0 aliphatic carbocycles. The second-order valence-electron chi connectivity index (χ2n) is 11.5. The molecule has 0 bridgehead atoms. The van der Waals surface area contributed by atoms with Crippen LogP contribution in [-0.4, -0.2) is 8.75 Å². The van der Waals surface area contributed by atoms with Crippen LogP contribution in [0.5, 0.6) is 0 Å². The van der Waals surface area contributed by atoms with E-state index in [1.807, 2.05) is 44.2 Å². The predicted octanol–water partition coefficient (Wildman–Crippen LogP) is 13.1. The second-order valence-corrected chi connectivity index (χ2v) is 16.6. The zero-order chi connectivity index (χ0) is 30.7. The van der Waals surface area contributed by atoms with Gasteiger partial charge in [-0.25, -0.2) is 8.78 Å². The fourth-order valence-electron chi connectivity index (χ4n) is 6.40. The normalized spacial score (nSPS) is 12.2. The van der Waals surface area contributed by atoms with E-state index in [9.17, 15) is 0 Å². The quantitative estimate of drug-likeness (QED) is 0.174. The highest BCUT2D eigenvalue weighted by Crippen LogP contribution is 2.48. The number of hydrogen-bond donors (Lipinski definition) is 0. The maximum atomic E-state index is 16.0. The van der Waals surface area contributed by atoms with Crippen LogP contribution in [0.25, 0.3) is 83.4 Å². The second kappa shape index (κ2) is 9.95. The highest BCUT2D eigenvalue weighted by molar-refractivity contribution is 7.27. The maximum absolute atomic E-state index is 16.0. The van der Waals surface area contributed by atoms with E-state index in [2.05, 4.69) is 64.2 Å². The van der Waals surface area contributed by atoms with Gasteiger partial charge in [0, 0.05) is 49.4 Å². The largest absolute Gasteiger partial charge is 0.203 e. The Balaban J connectivity index is 1.19. The number of aryl methyl sites for hydroxylation is 4. The smallest absolute Gasteiger partial charge is 0.170 e. The Labute approximate surface area is 277 Å². The standard InChI is InChI=1S/C36H22F2N2S5/c1-15-11-25(42-18(15)4)28-30(37)31(38)29(33-32(28)39-45-40-33)26-12-16(2)34(43-26)27-14-20-6-8-22-21-7-5-19-13-17(3)41-35(19)23(21)9-10-24(22)36(20)44-27/h5-14H,1-4H3. The zero-order valence-electron chi connectivity index (χ0n) is 24.5. The van der Waals surface area contributed by atoms with Crippen molar-refractivity contribution in [3.8, 4) is 30.6 Å². The third-order valence-electron chi connectivity index (χ3n) is 8.67. The molecule has 0 aliphatic heterocycles. The summed E-state index contributed by atoms with van der Waals surface area (Å²) < 4.78 is 43.4. The summed E-state index contributed by atoms with van der Waals surface area (Å²) in [5.41, 5.74) is 3.29. The minimum atomic E-state index is -0.869. The lowest BCUT2D eigenvalue weighted by atomic mass is 10.00. The first kappa shape index (κ1) is 27.7. The Morgan fingerprint density at radius 3 is 1.71 bits per heavy atom. The van der Waals surface area contributed by atoms with Crippen LogP contribution in [0, 0.1) is 39.3 Å². The monoisotopic (exact) mass is 680 g/mol. The SMILES string of the molecule is Cc1cc2ccc3c4ccc5cc(-c6sc(-c7c(F)c(F)c(-c8cc(C)c(C)s8)c8nsnc78)cc6C)sc5c4ccc3c2s1. The molecule has 0 spiro atoms. The van der Waals surface area contributed by atoms with E-state index in [-0.39, 0.29) is 11.1 Å². The summed E-state index contributed by atoms with van der Waals surface area (Å²) in [6, 6.07) is 21.8. The van der Waals surface area contributed by atoms with Gasteiger partial charge < -0.3 is 0 Å². The van der Waals surface area contributed by atoms with E-state index in [1.165, 1.54) is 69.3 Å². The van der Waals surface area contributed by atoms with E-state index < -0.39 is 11.6 Å². The third kappa shape index (κ3) is 4.04. The number of hydrogen-bond acceptors (Lipinski definition) is 7. The van der Waals surface area contributed by atoms with Crippen molar-refractivity contribution in [3.63, 3.8) is 0 Å². The fourth-order valence-corrected chi connectivity index (χ4v) is 11.6. The molecule has 5 heterocycles. The van der Waals surface area contributed by atoms with Gasteiger partial charge in [-0.2, -0.15) is 8.75 Å². The van der Waals surface area contributed by atoms with Crippen molar-refractivity contribution in [1.82, 2.24) is 8.75 Å². The molecule has 0 atom stereocenters. The van der Waals surface area contributed by atoms with Gasteiger partial charge >= 0.3 is 0 Å². The van der Waals surface area contributed by atoms with Gasteiger partial charge in [0.05, 0.1) is 22.9 Å². The highest BCUT2D eigenvalue weighted by atomic mass is 32.1. The topological polar surface area (TPSA) is 25.8 Å². The average molecular weight is 681 g/mol. The van der Waals surface area contributed by atoms with Crippen LogP contribution < -0.4 is 0 Å². The molecule has 9 aromatic rings. The van der Waals surface area contributed by atoms with Crippen molar-refractivity contribution in [2.24, 2.45) is 0 Å². The zero-order valence-corrected chi connectivity index (χ0v) is 28.5. The van der Waals surface area contributed by atoms with E-state index in [0.717, 1.165) is 37.5 Å². The molecule has 220 valence electrons. The number of thiophene rings is 4. The Bertz CT molecular complexity index is 2660. The number of benzene rings is 4. The summed E-state index contributed by atoms with van der Waals surface area (Å²) in [6.45, 7) is 8.16. The number of fused-ring (bicyclic) bond motifs is 8. The Kier molecular flexibility index (Phi) is 6.12. The fraction of sp³-hybridized carbons (Fsp3) is 0.111. The number of halogens is 2. The lowest BCUT2D eigenvalue weighted by molar-refractivity contribution is 0.516. The molecule has 9 heteroatoms. The van der Waals surface area contributed by atoms with Crippen molar-refractivity contribution in [2.75, 3.05) is 0 Å². The van der Waals surface area contributed by atoms with E-state index in [0.29, 0.717) is 20.8 Å². The van der Waals surface area contributed by atoms with Gasteiger partial charge in [-0.3, -0.25) is 0 Å². The lowest BCUT2D eigenvalue weighted by Gasteiger charge is -2.08. The van der Waals surface area contributed by atoms with Gasteiger partial charge in [0.2, 0.25) is 0 Å². The van der Waals surface area contributed by atoms with E-state index >= 15 is 8.78 Å². The third-order valence-corrected chi connectivity index (χ3v) is 14.1. The average Bonchev–Trinajstić information content (AvgIpc) is 3.84. The van der Waals surface area contributed by atoms with Crippen LogP contribution in [0.1, 0.15) is 20.9 Å². The Morgan fingerprint density at radius 1 is 0.533 bits per heavy atom. The molecular weight excluding hydrogens is 659 g/mol. The first-order valence-corrected chi connectivity index (χ1v) is 18.4. The van der Waals surface area contributed by atoms with Crippen molar-refractivity contribution < 1.29 is 8.78 Å². The van der Waals surface area contributed by atoms with Crippen molar-refractivity contribution in [2.45, 2.75) is 27.7 Å². The molecule has 0 aliphatic rings. The Morgan fingerprint density at radius 2 is 1.09 bits per heavy atom. The maximum Gasteiger partial charge on any atom is 0.170 e. The van der Waals surface area contributed by atoms with Crippen molar-refractivity contribution in [1.29, 1.82) is 0 Å². The predicted molar refractivity (Wildman–Crippen MR) is 194 cm³/mol. The van der Waals surface area contributed by atoms with Gasteiger partial charge in [-0.1, -0.05) is 36.4 Å². The molecule has 0 unspecified atom stereocenters. The van der Waals surface area contributed by atoms with Crippen LogP contribution in [0.3, 0.4) is 0 Å². The van der Waals surface area contributed by atoms with E-state index in [1.54, 1.807) is 11.3 Å². The number of nitrogens with zero attached hydrogens (tertiary/aromatic N) is 2. The van der Waals surface area contributed by atoms with Gasteiger partial charge in [-0.15, -0.1) is 45.3 Å². The summed E-state index contributed by atoms with van der Waals surface area (Å²) in [4.78, 5) is 5.90. The molecule has 0 fully saturated rings. The Hall–Kier alpha value is -3.60. The van der Waals surface area contributed by atoms with Gasteiger partial charge in [0.25, 0.3) is 0 Å². The summed E-state index contributed by atoms with van der Waals surface area (Å²) >= 11 is 7.53. The van der Waals surface area contributed by atoms with E-state index in [4.69, 9.17) is 0 Å². The minimum Gasteiger partial charge on any atom is -0.203 e. The molecule has 0 N–H and O–H groups in total. The lowest BCUT2D eigenvalue weighted by Crippen LogP contribution is -1.95. The number of aromatic nitrogens is 2. The molecule has 45 heavy (non-hydrogen) atoms. The molecule has 5 aromatic heterocycles. The molecule has 2 nitrogen and oxygen atoms in total. The van der Waals surface area contributed by atoms with Crippen molar-refractivity contribution >= 4 is 110 Å². The number of rotatable bonds is 3. The molecule has 0 saturated carbocycles. The van der Waals surface area contributed by atoms with Gasteiger partial charge in [0.1, 0.15) is 11.0 Å². The van der Waals surface area contributed by atoms with Crippen LogP contribution in [0.2, 0.25) is 0 Å². The van der Waals surface area contributed by atoms with Crippen LogP contribution in [0.15, 0.2) is 60.7 Å². The van der Waals surface area contributed by atoms with Gasteiger partial charge in [0.15, 0.2) is 11.6 Å². The summed E-state index contributed by atoms with van der Waals surface area (Å²) in [6.07, 6.45) is 0. The van der Waals surface area contributed by atoms with Crippen LogP contribution >= 0.6 is 57.1 Å². The summed E-state index contributed by atoms with van der Waals surface area (Å²) in [5, 5.41) is 7.51. The molecule has 4 aromatic carbocycles. The summed E-state index contributed by atoms with van der Waals surface area (Å²) in [7, 11) is 0. The molecule has 0 saturated heterocycles. The van der Waals surface area contributed by atoms with Crippen LogP contribution in [-0.2, 0) is 0 Å². The van der Waals surface area contributed by atoms with Crippen molar-refractivity contribution in [3.05, 3.63) is 93.2 Å². The highest BCUT2D eigenvalue weighted by Gasteiger charge is 2.27. The van der Waals surface area contributed by atoms with Gasteiger partial charge in [-0.05, 0) is 84.6 Å². The molecule has 0 amide bonds. The molecular formula is C36H22F2N2S5. The summed E-state index contributed by atoms with van der Waals surface area (Å²) in [5.74, 6) is -1.74.